The summed E-state index contributed by atoms with van der Waals surface area (Å²) in [5.41, 5.74) is 3.58. The van der Waals surface area contributed by atoms with Crippen LogP contribution in [0, 0.1) is 12.7 Å². The maximum absolute atomic E-state index is 14.7. The van der Waals surface area contributed by atoms with Crippen molar-refractivity contribution in [1.29, 1.82) is 0 Å². The largest absolute Gasteiger partial charge is 0.462 e. The van der Waals surface area contributed by atoms with Gasteiger partial charge in [-0.1, -0.05) is 43.9 Å². The Morgan fingerprint density at radius 2 is 1.94 bits per heavy atom. The maximum Gasteiger partial charge on any atom is 0.338 e. The molecule has 2 aromatic carbocycles. The zero-order valence-corrected chi connectivity index (χ0v) is 19.2. The van der Waals surface area contributed by atoms with E-state index in [4.69, 9.17) is 9.72 Å². The number of esters is 1. The summed E-state index contributed by atoms with van der Waals surface area (Å²) in [6, 6.07) is 11.5. The molecule has 1 fully saturated rings. The summed E-state index contributed by atoms with van der Waals surface area (Å²) in [4.78, 5) is 19.2. The van der Waals surface area contributed by atoms with Gasteiger partial charge in [0.2, 0.25) is 5.95 Å². The van der Waals surface area contributed by atoms with Crippen molar-refractivity contribution in [2.24, 2.45) is 0 Å². The van der Waals surface area contributed by atoms with Gasteiger partial charge in [0.05, 0.1) is 23.2 Å². The Kier molecular flexibility index (Phi) is 6.77. The molecule has 170 valence electrons. The molecule has 1 saturated carbocycles. The topological polar surface area (TPSA) is 47.4 Å². The van der Waals surface area contributed by atoms with Crippen molar-refractivity contribution in [2.75, 3.05) is 18.6 Å². The van der Waals surface area contributed by atoms with Crippen molar-refractivity contribution in [1.82, 2.24) is 9.55 Å². The first-order valence-electron chi connectivity index (χ1n) is 11.6. The molecule has 1 aliphatic carbocycles. The Morgan fingerprint density at radius 3 is 2.66 bits per heavy atom. The lowest BCUT2D eigenvalue weighted by Gasteiger charge is -2.25. The third-order valence-corrected chi connectivity index (χ3v) is 6.39. The molecule has 3 aromatic rings. The highest BCUT2D eigenvalue weighted by molar-refractivity contribution is 5.94. The maximum atomic E-state index is 14.7. The normalized spacial score (nSPS) is 15.0. The monoisotopic (exact) mass is 437 g/mol. The van der Waals surface area contributed by atoms with Crippen LogP contribution in [-0.4, -0.2) is 29.2 Å². The summed E-state index contributed by atoms with van der Waals surface area (Å²) in [5.74, 6) is 0.310. The van der Waals surface area contributed by atoms with Crippen LogP contribution >= 0.6 is 0 Å². The SMILES string of the molecule is CCOC(=O)c1ccc2c(c1)nc(N(C)Cc1cccc(C)c1F)n2C1CCCCCC1. The number of nitrogens with zero attached hydrogens (tertiary/aromatic N) is 3. The summed E-state index contributed by atoms with van der Waals surface area (Å²) >= 11 is 0. The number of aromatic nitrogens is 2. The van der Waals surface area contributed by atoms with Crippen LogP contribution in [0.1, 0.15) is 73.0 Å². The van der Waals surface area contributed by atoms with Gasteiger partial charge in [-0.2, -0.15) is 0 Å². The van der Waals surface area contributed by atoms with E-state index in [1.54, 1.807) is 19.9 Å². The number of aryl methyl sites for hydroxylation is 1. The van der Waals surface area contributed by atoms with Gasteiger partial charge in [-0.25, -0.2) is 14.2 Å². The van der Waals surface area contributed by atoms with Gasteiger partial charge in [0.15, 0.2) is 0 Å². The van der Waals surface area contributed by atoms with Crippen LogP contribution in [0.5, 0.6) is 0 Å². The van der Waals surface area contributed by atoms with Crippen LogP contribution in [0.2, 0.25) is 0 Å². The molecule has 6 heteroatoms. The fraction of sp³-hybridized carbons (Fsp3) is 0.462. The lowest BCUT2D eigenvalue weighted by molar-refractivity contribution is 0.0526. The number of hydrogen-bond acceptors (Lipinski definition) is 4. The molecule has 32 heavy (non-hydrogen) atoms. The Bertz CT molecular complexity index is 1100. The lowest BCUT2D eigenvalue weighted by atomic mass is 10.1. The molecule has 1 heterocycles. The number of ether oxygens (including phenoxy) is 1. The molecule has 0 N–H and O–H groups in total. The van der Waals surface area contributed by atoms with E-state index in [1.165, 1.54) is 25.7 Å². The average Bonchev–Trinajstić information content (AvgIpc) is 2.96. The van der Waals surface area contributed by atoms with E-state index in [-0.39, 0.29) is 11.8 Å². The Morgan fingerprint density at radius 1 is 1.19 bits per heavy atom. The molecule has 0 unspecified atom stereocenters. The molecule has 1 aromatic heterocycles. The van der Waals surface area contributed by atoms with Crippen LogP contribution in [-0.2, 0) is 11.3 Å². The number of hydrogen-bond donors (Lipinski definition) is 0. The first-order valence-corrected chi connectivity index (χ1v) is 11.6. The van der Waals surface area contributed by atoms with Gasteiger partial charge in [0, 0.05) is 25.2 Å². The second-order valence-electron chi connectivity index (χ2n) is 8.76. The summed E-state index contributed by atoms with van der Waals surface area (Å²) in [7, 11) is 1.96. The number of carbonyl (C=O) groups is 1. The Balaban J connectivity index is 1.76. The zero-order valence-electron chi connectivity index (χ0n) is 19.2. The molecule has 0 bridgehead atoms. The standard InChI is InChI=1S/C26H32FN3O2/c1-4-32-25(31)19-14-15-23-22(16-19)28-26(30(23)21-12-7-5-6-8-13-21)29(3)17-20-11-9-10-18(2)24(20)27/h9-11,14-16,21H,4-8,12-13,17H2,1-3H3. The first-order chi connectivity index (χ1) is 15.5. The highest BCUT2D eigenvalue weighted by Crippen LogP contribution is 2.35. The number of imidazole rings is 1. The molecular formula is C26H32FN3O2. The fourth-order valence-corrected chi connectivity index (χ4v) is 4.73. The summed E-state index contributed by atoms with van der Waals surface area (Å²) < 4.78 is 22.2. The van der Waals surface area contributed by atoms with E-state index in [0.29, 0.717) is 35.9 Å². The minimum absolute atomic E-state index is 0.166. The van der Waals surface area contributed by atoms with Gasteiger partial charge in [-0.3, -0.25) is 0 Å². The number of halogens is 1. The predicted octanol–water partition coefficient (Wildman–Crippen LogP) is 6.19. The van der Waals surface area contributed by atoms with Crippen molar-refractivity contribution < 1.29 is 13.9 Å². The zero-order chi connectivity index (χ0) is 22.7. The second kappa shape index (κ2) is 9.72. The first kappa shape index (κ1) is 22.3. The van der Waals surface area contributed by atoms with Crippen LogP contribution < -0.4 is 4.90 Å². The molecule has 1 aliphatic rings. The quantitative estimate of drug-likeness (QED) is 0.341. The molecule has 0 radical (unpaired) electrons. The van der Waals surface area contributed by atoms with Crippen LogP contribution in [0.25, 0.3) is 11.0 Å². The lowest BCUT2D eigenvalue weighted by Crippen LogP contribution is -2.23. The highest BCUT2D eigenvalue weighted by atomic mass is 19.1. The van der Waals surface area contributed by atoms with Crippen molar-refractivity contribution in [3.63, 3.8) is 0 Å². The van der Waals surface area contributed by atoms with E-state index >= 15 is 0 Å². The molecule has 0 spiro atoms. The van der Waals surface area contributed by atoms with Gasteiger partial charge in [0.1, 0.15) is 5.82 Å². The third-order valence-electron chi connectivity index (χ3n) is 6.39. The average molecular weight is 438 g/mol. The van der Waals surface area contributed by atoms with E-state index < -0.39 is 0 Å². The number of anilines is 1. The van der Waals surface area contributed by atoms with E-state index in [9.17, 15) is 9.18 Å². The van der Waals surface area contributed by atoms with Crippen LogP contribution in [0.4, 0.5) is 10.3 Å². The number of benzene rings is 2. The molecule has 0 saturated heterocycles. The minimum Gasteiger partial charge on any atom is -0.462 e. The molecular weight excluding hydrogens is 405 g/mol. The summed E-state index contributed by atoms with van der Waals surface area (Å²) in [6.45, 7) is 4.35. The summed E-state index contributed by atoms with van der Waals surface area (Å²) in [6.07, 6.45) is 7.11. The predicted molar refractivity (Wildman–Crippen MR) is 126 cm³/mol. The molecule has 4 rings (SSSR count). The Hall–Kier alpha value is -2.89. The third kappa shape index (κ3) is 4.50. The van der Waals surface area contributed by atoms with E-state index in [2.05, 4.69) is 4.57 Å². The second-order valence-corrected chi connectivity index (χ2v) is 8.76. The van der Waals surface area contributed by atoms with Crippen molar-refractivity contribution >= 4 is 23.0 Å². The molecule has 0 atom stereocenters. The molecule has 5 nitrogen and oxygen atoms in total. The Labute approximate surface area is 189 Å². The van der Waals surface area contributed by atoms with Gasteiger partial charge in [0.25, 0.3) is 0 Å². The number of fused-ring (bicyclic) bond motifs is 1. The van der Waals surface area contributed by atoms with Gasteiger partial charge >= 0.3 is 5.97 Å². The van der Waals surface area contributed by atoms with Crippen molar-refractivity contribution in [2.45, 2.75) is 65.0 Å². The van der Waals surface area contributed by atoms with Crippen LogP contribution in [0.3, 0.4) is 0 Å². The highest BCUT2D eigenvalue weighted by Gasteiger charge is 2.24. The van der Waals surface area contributed by atoms with Gasteiger partial charge in [-0.15, -0.1) is 0 Å². The summed E-state index contributed by atoms with van der Waals surface area (Å²) in [5, 5.41) is 0. The smallest absolute Gasteiger partial charge is 0.338 e. The van der Waals surface area contributed by atoms with E-state index in [1.807, 2.05) is 42.3 Å². The van der Waals surface area contributed by atoms with Gasteiger partial charge < -0.3 is 14.2 Å². The van der Waals surface area contributed by atoms with Gasteiger partial charge in [-0.05, 0) is 50.5 Å². The minimum atomic E-state index is -0.338. The van der Waals surface area contributed by atoms with Crippen molar-refractivity contribution in [3.05, 3.63) is 58.9 Å². The molecule has 0 aliphatic heterocycles. The molecule has 0 amide bonds. The van der Waals surface area contributed by atoms with Crippen LogP contribution in [0.15, 0.2) is 36.4 Å². The number of carbonyl (C=O) groups excluding carboxylic acids is 1. The number of rotatable bonds is 6. The van der Waals surface area contributed by atoms with E-state index in [0.717, 1.165) is 29.8 Å². The van der Waals surface area contributed by atoms with Crippen molar-refractivity contribution in [3.8, 4) is 0 Å². The fourth-order valence-electron chi connectivity index (χ4n) is 4.73.